The van der Waals surface area contributed by atoms with Gasteiger partial charge in [0.1, 0.15) is 0 Å². The van der Waals surface area contributed by atoms with Crippen molar-refractivity contribution in [3.05, 3.63) is 64.7 Å². The number of aromatic nitrogens is 4. The average Bonchev–Trinajstić information content (AvgIpc) is 3.30. The topological polar surface area (TPSA) is 119 Å². The Kier molecular flexibility index (Phi) is 5.33. The van der Waals surface area contributed by atoms with Crippen LogP contribution in [0.1, 0.15) is 12.8 Å². The molecule has 0 aliphatic carbocycles. The van der Waals surface area contributed by atoms with Crippen LogP contribution < -0.4 is 10.2 Å². The number of benzene rings is 1. The van der Waals surface area contributed by atoms with E-state index in [0.717, 1.165) is 18.0 Å². The fourth-order valence-electron chi connectivity index (χ4n) is 3.36. The van der Waals surface area contributed by atoms with E-state index in [-0.39, 0.29) is 17.5 Å². The zero-order chi connectivity index (χ0) is 21.1. The van der Waals surface area contributed by atoms with E-state index in [1.54, 1.807) is 23.1 Å². The lowest BCUT2D eigenvalue weighted by Gasteiger charge is -2.31. The molecule has 1 amide bonds. The summed E-state index contributed by atoms with van der Waals surface area (Å²) in [5, 5.41) is 26.0. The van der Waals surface area contributed by atoms with Gasteiger partial charge in [-0.05, 0) is 43.2 Å². The molecule has 4 rings (SSSR count). The number of nitrogens with one attached hydrogen (secondary N) is 1. The minimum Gasteiger partial charge on any atom is -0.355 e. The second-order valence-corrected chi connectivity index (χ2v) is 6.87. The molecule has 0 spiro atoms. The van der Waals surface area contributed by atoms with Gasteiger partial charge in [-0.1, -0.05) is 0 Å². The van der Waals surface area contributed by atoms with Gasteiger partial charge in [0.15, 0.2) is 11.6 Å². The summed E-state index contributed by atoms with van der Waals surface area (Å²) in [4.78, 5) is 24.6. The predicted molar refractivity (Wildman–Crippen MR) is 106 cm³/mol. The van der Waals surface area contributed by atoms with E-state index < -0.39 is 16.4 Å². The molecule has 30 heavy (non-hydrogen) atoms. The second-order valence-electron chi connectivity index (χ2n) is 6.87. The molecule has 11 heteroatoms. The molecule has 1 aliphatic heterocycles. The summed E-state index contributed by atoms with van der Waals surface area (Å²) in [6.07, 6.45) is 4.63. The minimum absolute atomic E-state index is 0.204. The maximum Gasteiger partial charge on any atom is 0.306 e. The number of amides is 1. The normalized spacial score (nSPS) is 14.5. The number of halogens is 1. The Morgan fingerprint density at radius 3 is 2.53 bits per heavy atom. The summed E-state index contributed by atoms with van der Waals surface area (Å²) in [5.74, 6) is -0.0892. The van der Waals surface area contributed by atoms with Crippen LogP contribution in [-0.4, -0.2) is 43.9 Å². The molecular formula is C19H18FN7O3. The Hall–Kier alpha value is -3.89. The lowest BCUT2D eigenvalue weighted by molar-refractivity contribution is -0.387. The summed E-state index contributed by atoms with van der Waals surface area (Å²) in [6.45, 7) is 1.24. The van der Waals surface area contributed by atoms with E-state index in [1.165, 1.54) is 6.07 Å². The number of nitro groups is 1. The largest absolute Gasteiger partial charge is 0.355 e. The van der Waals surface area contributed by atoms with Crippen LogP contribution in [0.25, 0.3) is 5.82 Å². The predicted octanol–water partition coefficient (Wildman–Crippen LogP) is 2.56. The van der Waals surface area contributed by atoms with E-state index in [1.807, 2.05) is 17.0 Å². The number of carbonyl (C=O) groups is 1. The van der Waals surface area contributed by atoms with Gasteiger partial charge in [-0.25, -0.2) is 4.68 Å². The fourth-order valence-corrected chi connectivity index (χ4v) is 3.36. The zero-order valence-electron chi connectivity index (χ0n) is 15.8. The molecular weight excluding hydrogens is 393 g/mol. The highest BCUT2D eigenvalue weighted by atomic mass is 19.1. The van der Waals surface area contributed by atoms with Crippen molar-refractivity contribution in [3.8, 4) is 5.82 Å². The monoisotopic (exact) mass is 411 g/mol. The summed E-state index contributed by atoms with van der Waals surface area (Å²) >= 11 is 0. The summed E-state index contributed by atoms with van der Waals surface area (Å²) in [6, 6.07) is 8.81. The van der Waals surface area contributed by atoms with Crippen molar-refractivity contribution in [2.45, 2.75) is 12.8 Å². The molecule has 1 aromatic carbocycles. The van der Waals surface area contributed by atoms with Crippen LogP contribution in [0.4, 0.5) is 21.6 Å². The quantitative estimate of drug-likeness (QED) is 0.506. The first kappa shape index (κ1) is 19.4. The highest BCUT2D eigenvalue weighted by Crippen LogP contribution is 2.25. The van der Waals surface area contributed by atoms with Crippen molar-refractivity contribution in [3.63, 3.8) is 0 Å². The van der Waals surface area contributed by atoms with E-state index in [0.29, 0.717) is 31.7 Å². The summed E-state index contributed by atoms with van der Waals surface area (Å²) in [7, 11) is 0. The van der Waals surface area contributed by atoms with Crippen molar-refractivity contribution in [2.75, 3.05) is 23.3 Å². The van der Waals surface area contributed by atoms with Crippen LogP contribution in [-0.2, 0) is 4.79 Å². The molecule has 0 saturated carbocycles. The molecule has 10 nitrogen and oxygen atoms in total. The van der Waals surface area contributed by atoms with Gasteiger partial charge in [0.05, 0.1) is 4.92 Å². The zero-order valence-corrected chi connectivity index (χ0v) is 15.8. The standard InChI is InChI=1S/C19H18FN7O3/c20-15-3-2-14(12-16(15)27(29)30)22-19(28)13-6-10-25(11-7-13)17-4-5-18(24-23-17)26-9-1-8-21-26/h1-5,8-9,12-13H,6-7,10-11H2,(H,22,28). The Morgan fingerprint density at radius 1 is 1.17 bits per heavy atom. The maximum atomic E-state index is 13.4. The third kappa shape index (κ3) is 4.09. The first-order valence-corrected chi connectivity index (χ1v) is 9.35. The van der Waals surface area contributed by atoms with Gasteiger partial charge in [-0.3, -0.25) is 14.9 Å². The molecule has 1 aliphatic rings. The number of rotatable bonds is 5. The van der Waals surface area contributed by atoms with Crippen molar-refractivity contribution < 1.29 is 14.1 Å². The molecule has 1 fully saturated rings. The number of nitrogens with zero attached hydrogens (tertiary/aromatic N) is 6. The van der Waals surface area contributed by atoms with Gasteiger partial charge in [0.2, 0.25) is 11.7 Å². The van der Waals surface area contributed by atoms with Gasteiger partial charge in [0, 0.05) is 43.2 Å². The van der Waals surface area contributed by atoms with Gasteiger partial charge < -0.3 is 10.2 Å². The van der Waals surface area contributed by atoms with E-state index in [9.17, 15) is 19.3 Å². The van der Waals surface area contributed by atoms with Gasteiger partial charge in [0.25, 0.3) is 0 Å². The molecule has 0 radical (unpaired) electrons. The third-order valence-corrected chi connectivity index (χ3v) is 4.98. The Labute approximate surface area is 170 Å². The van der Waals surface area contributed by atoms with E-state index in [4.69, 9.17) is 0 Å². The Morgan fingerprint density at radius 2 is 1.90 bits per heavy atom. The molecule has 154 valence electrons. The Bertz CT molecular complexity index is 1050. The fraction of sp³-hybridized carbons (Fsp3) is 0.263. The van der Waals surface area contributed by atoms with Crippen LogP contribution in [0.3, 0.4) is 0 Å². The van der Waals surface area contributed by atoms with Crippen LogP contribution in [0.5, 0.6) is 0 Å². The lowest BCUT2D eigenvalue weighted by atomic mass is 9.96. The average molecular weight is 411 g/mol. The van der Waals surface area contributed by atoms with Crippen molar-refractivity contribution in [1.82, 2.24) is 20.0 Å². The van der Waals surface area contributed by atoms with E-state index >= 15 is 0 Å². The molecule has 0 bridgehead atoms. The minimum atomic E-state index is -0.939. The molecule has 2 aromatic heterocycles. The van der Waals surface area contributed by atoms with Crippen LogP contribution in [0.2, 0.25) is 0 Å². The van der Waals surface area contributed by atoms with Crippen LogP contribution >= 0.6 is 0 Å². The van der Waals surface area contributed by atoms with Crippen LogP contribution in [0.15, 0.2) is 48.8 Å². The molecule has 0 unspecified atom stereocenters. The number of hydrogen-bond donors (Lipinski definition) is 1. The maximum absolute atomic E-state index is 13.4. The summed E-state index contributed by atoms with van der Waals surface area (Å²) < 4.78 is 15.1. The Balaban J connectivity index is 1.34. The second kappa shape index (κ2) is 8.23. The van der Waals surface area contributed by atoms with Crippen LogP contribution in [0, 0.1) is 21.8 Å². The molecule has 0 atom stereocenters. The summed E-state index contributed by atoms with van der Waals surface area (Å²) in [5.41, 5.74) is -0.463. The smallest absolute Gasteiger partial charge is 0.306 e. The number of carbonyl (C=O) groups excluding carboxylic acids is 1. The van der Waals surface area contributed by atoms with Gasteiger partial charge >= 0.3 is 5.69 Å². The first-order valence-electron chi connectivity index (χ1n) is 9.35. The number of anilines is 2. The van der Waals surface area contributed by atoms with Crippen molar-refractivity contribution in [1.29, 1.82) is 0 Å². The van der Waals surface area contributed by atoms with Crippen molar-refractivity contribution in [2.24, 2.45) is 5.92 Å². The van der Waals surface area contributed by atoms with E-state index in [2.05, 4.69) is 20.6 Å². The third-order valence-electron chi connectivity index (χ3n) is 4.98. The lowest BCUT2D eigenvalue weighted by Crippen LogP contribution is -2.38. The highest BCUT2D eigenvalue weighted by Gasteiger charge is 2.26. The molecule has 3 aromatic rings. The van der Waals surface area contributed by atoms with Gasteiger partial charge in [-0.2, -0.15) is 9.49 Å². The molecule has 1 saturated heterocycles. The number of piperidine rings is 1. The molecule has 3 heterocycles. The van der Waals surface area contributed by atoms with Gasteiger partial charge in [-0.15, -0.1) is 10.2 Å². The highest BCUT2D eigenvalue weighted by molar-refractivity contribution is 5.93. The number of hydrogen-bond acceptors (Lipinski definition) is 7. The van der Waals surface area contributed by atoms with Crippen molar-refractivity contribution >= 4 is 23.1 Å². The molecule has 1 N–H and O–H groups in total. The first-order chi connectivity index (χ1) is 14.5. The number of nitro benzene ring substituents is 1. The SMILES string of the molecule is O=C(Nc1ccc(F)c([N+](=O)[O-])c1)C1CCN(c2ccc(-n3cccn3)nn2)CC1.